The number of carbonyl (C=O) groups is 2. The van der Waals surface area contributed by atoms with Gasteiger partial charge in [-0.1, -0.05) is 12.1 Å². The van der Waals surface area contributed by atoms with Crippen LogP contribution in [0.25, 0.3) is 0 Å². The number of rotatable bonds is 12. The average molecular weight is 475 g/mol. The Bertz CT molecular complexity index is 875. The summed E-state index contributed by atoms with van der Waals surface area (Å²) in [5, 5.41) is 18.8. The molecule has 11 nitrogen and oxygen atoms in total. The summed E-state index contributed by atoms with van der Waals surface area (Å²) < 4.78 is 35.0. The first kappa shape index (κ1) is 26.0. The van der Waals surface area contributed by atoms with Crippen LogP contribution >= 0.6 is 0 Å². The quantitative estimate of drug-likeness (QED) is 0.379. The van der Waals surface area contributed by atoms with E-state index < -0.39 is 45.3 Å². The fourth-order valence-electron chi connectivity index (χ4n) is 2.90. The highest BCUT2D eigenvalue weighted by Crippen LogP contribution is 2.30. The molecular formula is C20H34N4O7S. The lowest BCUT2D eigenvalue weighted by molar-refractivity contribution is -0.122. The van der Waals surface area contributed by atoms with Crippen molar-refractivity contribution in [2.75, 3.05) is 18.1 Å². The SMILES string of the molecule is CCc1nc([C@@H](O)CCCNC(=O)[C@H](CS(=O)(=O)CC2CC2)NC(=O)OC(C)(C)C)no1. The third kappa shape index (κ3) is 9.51. The lowest BCUT2D eigenvalue weighted by atomic mass is 10.2. The van der Waals surface area contributed by atoms with Gasteiger partial charge in [-0.3, -0.25) is 4.79 Å². The molecule has 2 rings (SSSR count). The first-order valence-corrected chi connectivity index (χ1v) is 12.7. The van der Waals surface area contributed by atoms with Crippen molar-refractivity contribution in [1.82, 2.24) is 20.8 Å². The van der Waals surface area contributed by atoms with Crippen molar-refractivity contribution in [3.8, 4) is 0 Å². The Kier molecular flexibility index (Phi) is 9.02. The second-order valence-corrected chi connectivity index (χ2v) is 11.2. The van der Waals surface area contributed by atoms with Crippen molar-refractivity contribution in [3.05, 3.63) is 11.7 Å². The van der Waals surface area contributed by atoms with Crippen LogP contribution in [0.3, 0.4) is 0 Å². The van der Waals surface area contributed by atoms with E-state index in [-0.39, 0.29) is 30.5 Å². The molecule has 1 aromatic rings. The molecule has 1 heterocycles. The fourth-order valence-corrected chi connectivity index (χ4v) is 4.83. The van der Waals surface area contributed by atoms with Gasteiger partial charge in [0, 0.05) is 13.0 Å². The maximum absolute atomic E-state index is 12.6. The molecule has 3 N–H and O–H groups in total. The molecule has 1 aliphatic rings. The largest absolute Gasteiger partial charge is 0.444 e. The monoisotopic (exact) mass is 474 g/mol. The number of aromatic nitrogens is 2. The molecule has 0 unspecified atom stereocenters. The normalized spacial score (nSPS) is 16.3. The molecule has 0 bridgehead atoms. The number of carbonyl (C=O) groups excluding carboxylic acids is 2. The van der Waals surface area contributed by atoms with E-state index in [1.165, 1.54) is 0 Å². The van der Waals surface area contributed by atoms with Crippen LogP contribution in [-0.2, 0) is 25.8 Å². The molecule has 0 radical (unpaired) electrons. The number of hydrogen-bond donors (Lipinski definition) is 3. The fraction of sp³-hybridized carbons (Fsp3) is 0.800. The van der Waals surface area contributed by atoms with Gasteiger partial charge in [0.1, 0.15) is 17.7 Å². The molecule has 1 aromatic heterocycles. The third-order valence-corrected chi connectivity index (χ3v) is 6.47. The van der Waals surface area contributed by atoms with Crippen LogP contribution in [-0.4, -0.2) is 65.4 Å². The number of alkyl carbamates (subject to hydrolysis) is 1. The summed E-state index contributed by atoms with van der Waals surface area (Å²) in [4.78, 5) is 28.8. The molecule has 0 aliphatic heterocycles. The number of ether oxygens (including phenoxy) is 1. The molecule has 0 spiro atoms. The van der Waals surface area contributed by atoms with Crippen molar-refractivity contribution in [3.63, 3.8) is 0 Å². The molecule has 0 saturated heterocycles. The maximum atomic E-state index is 12.6. The number of amides is 2. The van der Waals surface area contributed by atoms with Crippen molar-refractivity contribution in [1.29, 1.82) is 0 Å². The Morgan fingerprint density at radius 1 is 1.31 bits per heavy atom. The highest BCUT2D eigenvalue weighted by atomic mass is 32.2. The van der Waals surface area contributed by atoms with Gasteiger partial charge in [-0.25, -0.2) is 13.2 Å². The van der Waals surface area contributed by atoms with E-state index in [0.29, 0.717) is 18.7 Å². The molecule has 1 saturated carbocycles. The zero-order valence-electron chi connectivity index (χ0n) is 19.1. The Labute approximate surface area is 188 Å². The molecule has 1 fully saturated rings. The molecule has 2 atom stereocenters. The Hall–Kier alpha value is -2.21. The van der Waals surface area contributed by atoms with Crippen LogP contribution in [0.5, 0.6) is 0 Å². The number of aliphatic hydroxyl groups excluding tert-OH is 1. The van der Waals surface area contributed by atoms with E-state index in [1.54, 1.807) is 20.8 Å². The van der Waals surface area contributed by atoms with Crippen LogP contribution in [0.4, 0.5) is 4.79 Å². The van der Waals surface area contributed by atoms with Gasteiger partial charge < -0.3 is 25.0 Å². The van der Waals surface area contributed by atoms with Crippen LogP contribution < -0.4 is 10.6 Å². The number of hydrogen-bond acceptors (Lipinski definition) is 9. The van der Waals surface area contributed by atoms with E-state index >= 15 is 0 Å². The summed E-state index contributed by atoms with van der Waals surface area (Å²) in [6, 6.07) is -1.28. The number of sulfone groups is 1. The minimum atomic E-state index is -3.53. The minimum Gasteiger partial charge on any atom is -0.444 e. The first-order chi connectivity index (χ1) is 14.9. The average Bonchev–Trinajstić information content (AvgIpc) is 3.33. The van der Waals surface area contributed by atoms with Crippen LogP contribution in [0, 0.1) is 5.92 Å². The highest BCUT2D eigenvalue weighted by Gasteiger charge is 2.33. The van der Waals surface area contributed by atoms with Crippen LogP contribution in [0.1, 0.15) is 71.2 Å². The summed E-state index contributed by atoms with van der Waals surface area (Å²) in [6.45, 7) is 7.04. The molecule has 32 heavy (non-hydrogen) atoms. The standard InChI is InChI=1S/C20H34N4O7S/c1-5-16-23-17(24-31-16)15(25)7-6-10-21-18(26)14(22-19(27)30-20(2,3)4)12-32(28,29)11-13-8-9-13/h13-15,25H,5-12H2,1-4H3,(H,21,26)(H,22,27)/t14-,15-/m0/s1. The predicted molar refractivity (Wildman–Crippen MR) is 115 cm³/mol. The van der Waals surface area contributed by atoms with Crippen molar-refractivity contribution in [2.45, 2.75) is 77.5 Å². The Balaban J connectivity index is 1.88. The second kappa shape index (κ2) is 11.1. The molecule has 1 aliphatic carbocycles. The Morgan fingerprint density at radius 3 is 2.56 bits per heavy atom. The van der Waals surface area contributed by atoms with E-state index in [4.69, 9.17) is 9.26 Å². The van der Waals surface area contributed by atoms with E-state index in [1.807, 2.05) is 6.92 Å². The first-order valence-electron chi connectivity index (χ1n) is 10.9. The van der Waals surface area contributed by atoms with Gasteiger partial charge >= 0.3 is 6.09 Å². The predicted octanol–water partition coefficient (Wildman–Crippen LogP) is 1.28. The van der Waals surface area contributed by atoms with Gasteiger partial charge in [0.15, 0.2) is 15.7 Å². The Morgan fingerprint density at radius 2 is 2.00 bits per heavy atom. The topological polar surface area (TPSA) is 161 Å². The lowest BCUT2D eigenvalue weighted by Crippen LogP contribution is -2.52. The zero-order chi connectivity index (χ0) is 23.9. The minimum absolute atomic E-state index is 0.00339. The van der Waals surface area contributed by atoms with E-state index in [2.05, 4.69) is 20.8 Å². The van der Waals surface area contributed by atoms with Gasteiger partial charge in [0.05, 0.1) is 11.5 Å². The summed E-state index contributed by atoms with van der Waals surface area (Å²) >= 11 is 0. The number of nitrogens with zero attached hydrogens (tertiary/aromatic N) is 2. The zero-order valence-corrected chi connectivity index (χ0v) is 19.9. The van der Waals surface area contributed by atoms with Gasteiger partial charge in [-0.2, -0.15) is 4.98 Å². The molecule has 0 aromatic carbocycles. The third-order valence-electron chi connectivity index (χ3n) is 4.65. The summed E-state index contributed by atoms with van der Waals surface area (Å²) in [5.41, 5.74) is -0.791. The van der Waals surface area contributed by atoms with Gasteiger partial charge in [0.25, 0.3) is 0 Å². The van der Waals surface area contributed by atoms with E-state index in [9.17, 15) is 23.1 Å². The number of aliphatic hydroxyl groups is 1. The summed E-state index contributed by atoms with van der Waals surface area (Å²) in [6.07, 6.45) is 1.13. The van der Waals surface area contributed by atoms with Crippen molar-refractivity contribution < 1.29 is 32.4 Å². The highest BCUT2D eigenvalue weighted by molar-refractivity contribution is 7.91. The lowest BCUT2D eigenvalue weighted by Gasteiger charge is -2.23. The van der Waals surface area contributed by atoms with Gasteiger partial charge in [0.2, 0.25) is 11.8 Å². The molecule has 2 amide bonds. The van der Waals surface area contributed by atoms with Crippen molar-refractivity contribution in [2.24, 2.45) is 5.92 Å². The summed E-state index contributed by atoms with van der Waals surface area (Å²) in [7, 11) is -3.53. The second-order valence-electron chi connectivity index (χ2n) is 9.07. The molecule has 182 valence electrons. The molecule has 12 heteroatoms. The number of nitrogens with one attached hydrogen (secondary N) is 2. The number of aryl methyl sites for hydroxylation is 1. The summed E-state index contributed by atoms with van der Waals surface area (Å²) in [5.74, 6) is -0.384. The smallest absolute Gasteiger partial charge is 0.408 e. The van der Waals surface area contributed by atoms with Gasteiger partial charge in [-0.05, 0) is 52.4 Å². The van der Waals surface area contributed by atoms with Crippen LogP contribution in [0.2, 0.25) is 0 Å². The van der Waals surface area contributed by atoms with Gasteiger partial charge in [-0.15, -0.1) is 0 Å². The van der Waals surface area contributed by atoms with Crippen molar-refractivity contribution >= 4 is 21.8 Å². The van der Waals surface area contributed by atoms with Crippen LogP contribution in [0.15, 0.2) is 4.52 Å². The van der Waals surface area contributed by atoms with E-state index in [0.717, 1.165) is 12.8 Å². The maximum Gasteiger partial charge on any atom is 0.408 e. The molecular weight excluding hydrogens is 440 g/mol.